The maximum absolute atomic E-state index is 14.5. The number of carbonyl (C=O) groups excluding carboxylic acids is 1. The third-order valence-electron chi connectivity index (χ3n) is 11.1. The lowest BCUT2D eigenvalue weighted by molar-refractivity contribution is -0.0422. The molecule has 2 atom stereocenters. The topological polar surface area (TPSA) is 82.0 Å². The van der Waals surface area contributed by atoms with Crippen LogP contribution in [0.25, 0.3) is 0 Å². The van der Waals surface area contributed by atoms with E-state index in [0.29, 0.717) is 13.1 Å². The van der Waals surface area contributed by atoms with Crippen LogP contribution >= 0.6 is 0 Å². The second-order valence-electron chi connectivity index (χ2n) is 14.0. The van der Waals surface area contributed by atoms with Gasteiger partial charge in [0, 0.05) is 76.2 Å². The molecule has 0 bridgehead atoms. The first-order chi connectivity index (χ1) is 20.9. The number of benzene rings is 1. The first-order valence-corrected chi connectivity index (χ1v) is 17.9. The van der Waals surface area contributed by atoms with Gasteiger partial charge in [-0.3, -0.25) is 19.3 Å². The Bertz CT molecular complexity index is 1470. The van der Waals surface area contributed by atoms with Gasteiger partial charge in [-0.1, -0.05) is 12.1 Å². The average Bonchev–Trinajstić information content (AvgIpc) is 3.82. The number of carbonyl (C=O) groups is 1. The van der Waals surface area contributed by atoms with E-state index < -0.39 is 10.0 Å². The highest BCUT2D eigenvalue weighted by molar-refractivity contribution is 7.90. The Kier molecular flexibility index (Phi) is 8.71. The molecule has 1 unspecified atom stereocenters. The van der Waals surface area contributed by atoms with E-state index in [9.17, 15) is 17.6 Å². The number of aryl methyl sites for hydroxylation is 2. The summed E-state index contributed by atoms with van der Waals surface area (Å²) in [6.45, 7) is 13.7. The lowest BCUT2D eigenvalue weighted by Crippen LogP contribution is -2.63. The van der Waals surface area contributed by atoms with Gasteiger partial charge in [0.15, 0.2) is 0 Å². The Labute approximate surface area is 262 Å². The summed E-state index contributed by atoms with van der Waals surface area (Å²) in [5.74, 6) is 0.126. The third-order valence-corrected chi connectivity index (χ3v) is 13.5. The molecule has 11 heteroatoms. The van der Waals surface area contributed by atoms with Crippen LogP contribution in [0.15, 0.2) is 24.3 Å². The van der Waals surface area contributed by atoms with Crippen LogP contribution in [0.5, 0.6) is 0 Å². The highest BCUT2D eigenvalue weighted by Crippen LogP contribution is 2.41. The fourth-order valence-corrected chi connectivity index (χ4v) is 9.95. The largest absolute Gasteiger partial charge is 0.338 e. The zero-order valence-electron chi connectivity index (χ0n) is 27.0. The summed E-state index contributed by atoms with van der Waals surface area (Å²) >= 11 is 0. The van der Waals surface area contributed by atoms with Gasteiger partial charge in [0.25, 0.3) is 5.91 Å². The highest BCUT2D eigenvalue weighted by atomic mass is 32.2. The van der Waals surface area contributed by atoms with E-state index >= 15 is 0 Å². The molecule has 1 aromatic carbocycles. The minimum Gasteiger partial charge on any atom is -0.338 e. The molecule has 4 aliphatic rings. The molecular weight excluding hydrogens is 579 g/mol. The van der Waals surface area contributed by atoms with E-state index in [0.717, 1.165) is 93.8 Å². The molecule has 44 heavy (non-hydrogen) atoms. The Morgan fingerprint density at radius 2 is 1.70 bits per heavy atom. The molecule has 0 spiro atoms. The number of aromatic nitrogens is 2. The molecule has 9 nitrogen and oxygen atoms in total. The standard InChI is InChI=1S/C33H49FN6O3S/c1-23-22-38(33(4)13-17-37(18-14-33)32(41)30-24(2)35-36(5)25(30)3)19-20-40(23)31(27-7-6-8-28(34)21-27)26-11-15-39(16-12-26)44(42,43)29-9-10-29/h6-8,21,23,26,29,31H,9-20,22H2,1-5H3/t23-,31?/m0/s1. The van der Waals surface area contributed by atoms with Crippen molar-refractivity contribution in [1.82, 2.24) is 28.8 Å². The van der Waals surface area contributed by atoms with Crippen molar-refractivity contribution < 1.29 is 17.6 Å². The summed E-state index contributed by atoms with van der Waals surface area (Å²) in [7, 11) is -1.29. The molecule has 242 valence electrons. The second kappa shape index (κ2) is 12.1. The van der Waals surface area contributed by atoms with Gasteiger partial charge in [-0.05, 0) is 89.8 Å². The van der Waals surface area contributed by atoms with Crippen LogP contribution in [0, 0.1) is 25.6 Å². The lowest BCUT2D eigenvalue weighted by Gasteiger charge is -2.54. The van der Waals surface area contributed by atoms with Crippen LogP contribution in [0.1, 0.15) is 85.7 Å². The first kappa shape index (κ1) is 31.6. The molecule has 3 aliphatic heterocycles. The van der Waals surface area contributed by atoms with Gasteiger partial charge in [-0.2, -0.15) is 5.10 Å². The maximum Gasteiger partial charge on any atom is 0.257 e. The fourth-order valence-electron chi connectivity index (χ4n) is 8.07. The van der Waals surface area contributed by atoms with E-state index in [2.05, 4.69) is 28.7 Å². The molecule has 6 rings (SSSR count). The number of piperidine rings is 2. The number of likely N-dealkylation sites (tertiary alicyclic amines) is 1. The maximum atomic E-state index is 14.5. The van der Waals surface area contributed by atoms with Gasteiger partial charge in [0.05, 0.1) is 16.5 Å². The summed E-state index contributed by atoms with van der Waals surface area (Å²) in [5.41, 5.74) is 3.43. The normalized spacial score (nSPS) is 25.3. The van der Waals surface area contributed by atoms with Crippen molar-refractivity contribution in [3.8, 4) is 0 Å². The number of amides is 1. The van der Waals surface area contributed by atoms with Crippen molar-refractivity contribution in [2.24, 2.45) is 13.0 Å². The van der Waals surface area contributed by atoms with E-state index in [1.807, 2.05) is 31.9 Å². The minimum absolute atomic E-state index is 0.00696. The van der Waals surface area contributed by atoms with Crippen molar-refractivity contribution in [3.63, 3.8) is 0 Å². The van der Waals surface area contributed by atoms with E-state index in [1.54, 1.807) is 21.1 Å². The van der Waals surface area contributed by atoms with E-state index in [-0.39, 0.29) is 40.5 Å². The zero-order chi connectivity index (χ0) is 31.4. The molecule has 2 aromatic rings. The monoisotopic (exact) mass is 628 g/mol. The molecule has 0 N–H and O–H groups in total. The molecule has 1 aromatic heterocycles. The van der Waals surface area contributed by atoms with E-state index in [1.165, 1.54) is 6.07 Å². The number of sulfonamides is 1. The third kappa shape index (κ3) is 5.97. The summed E-state index contributed by atoms with van der Waals surface area (Å²) in [5, 5.41) is 4.27. The molecule has 4 heterocycles. The number of halogens is 1. The van der Waals surface area contributed by atoms with Gasteiger partial charge in [0.2, 0.25) is 10.0 Å². The Hall–Kier alpha value is -2.34. The van der Waals surface area contributed by atoms with Gasteiger partial charge in [-0.25, -0.2) is 17.1 Å². The summed E-state index contributed by atoms with van der Waals surface area (Å²) < 4.78 is 43.8. The molecular formula is C33H49FN6O3S. The molecule has 1 saturated carbocycles. The van der Waals surface area contributed by atoms with Crippen LogP contribution in [-0.4, -0.2) is 106 Å². The summed E-state index contributed by atoms with van der Waals surface area (Å²) in [4.78, 5) is 20.6. The van der Waals surface area contributed by atoms with Crippen LogP contribution < -0.4 is 0 Å². The van der Waals surface area contributed by atoms with Crippen molar-refractivity contribution in [2.45, 2.75) is 89.1 Å². The SMILES string of the molecule is Cc1nn(C)c(C)c1C(=O)N1CCC(C)(N2CCN(C(c3cccc(F)c3)C3CCN(S(=O)(=O)C4CC4)CC3)[C@@H](C)C2)CC1. The highest BCUT2D eigenvalue weighted by Gasteiger charge is 2.45. The van der Waals surface area contributed by atoms with Crippen molar-refractivity contribution in [1.29, 1.82) is 0 Å². The Morgan fingerprint density at radius 1 is 1.02 bits per heavy atom. The molecule has 1 amide bonds. The number of hydrogen-bond donors (Lipinski definition) is 0. The fraction of sp³-hybridized carbons (Fsp3) is 0.697. The van der Waals surface area contributed by atoms with Crippen LogP contribution in [0.2, 0.25) is 0 Å². The smallest absolute Gasteiger partial charge is 0.257 e. The van der Waals surface area contributed by atoms with Crippen molar-refractivity contribution in [2.75, 3.05) is 45.8 Å². The average molecular weight is 629 g/mol. The quantitative estimate of drug-likeness (QED) is 0.459. The number of hydrogen-bond acceptors (Lipinski definition) is 6. The summed E-state index contributed by atoms with van der Waals surface area (Å²) in [6, 6.07) is 7.32. The predicted molar refractivity (Wildman–Crippen MR) is 169 cm³/mol. The predicted octanol–water partition coefficient (Wildman–Crippen LogP) is 4.12. The molecule has 3 saturated heterocycles. The lowest BCUT2D eigenvalue weighted by atomic mass is 9.82. The Balaban J connectivity index is 1.12. The summed E-state index contributed by atoms with van der Waals surface area (Å²) in [6.07, 6.45) is 4.99. The number of nitrogens with zero attached hydrogens (tertiary/aromatic N) is 6. The molecule has 1 aliphatic carbocycles. The van der Waals surface area contributed by atoms with Crippen molar-refractivity contribution >= 4 is 15.9 Å². The second-order valence-corrected chi connectivity index (χ2v) is 16.2. The first-order valence-electron chi connectivity index (χ1n) is 16.4. The van der Waals surface area contributed by atoms with Gasteiger partial charge in [0.1, 0.15) is 5.82 Å². The van der Waals surface area contributed by atoms with Crippen LogP contribution in [-0.2, 0) is 17.1 Å². The zero-order valence-corrected chi connectivity index (χ0v) is 27.8. The van der Waals surface area contributed by atoms with Gasteiger partial charge in [-0.15, -0.1) is 0 Å². The number of piperazine rings is 1. The van der Waals surface area contributed by atoms with Crippen LogP contribution in [0.3, 0.4) is 0 Å². The Morgan fingerprint density at radius 3 is 2.27 bits per heavy atom. The number of rotatable bonds is 7. The van der Waals surface area contributed by atoms with Crippen LogP contribution in [0.4, 0.5) is 4.39 Å². The van der Waals surface area contributed by atoms with Gasteiger partial charge < -0.3 is 4.90 Å². The molecule has 4 fully saturated rings. The molecule has 0 radical (unpaired) electrons. The van der Waals surface area contributed by atoms with Crippen molar-refractivity contribution in [3.05, 3.63) is 52.6 Å². The van der Waals surface area contributed by atoms with Gasteiger partial charge >= 0.3 is 0 Å². The minimum atomic E-state index is -3.18. The van der Waals surface area contributed by atoms with E-state index in [4.69, 9.17) is 0 Å².